The Morgan fingerprint density at radius 3 is 2.62 bits per heavy atom. The van der Waals surface area contributed by atoms with Gasteiger partial charge in [-0.1, -0.05) is 40.2 Å². The van der Waals surface area contributed by atoms with Gasteiger partial charge in [-0.3, -0.25) is 0 Å². The van der Waals surface area contributed by atoms with E-state index in [-0.39, 0.29) is 0 Å². The van der Waals surface area contributed by atoms with Crippen molar-refractivity contribution < 1.29 is 5.11 Å². The van der Waals surface area contributed by atoms with Gasteiger partial charge in [0.15, 0.2) is 0 Å². The quantitative estimate of drug-likeness (QED) is 0.844. The van der Waals surface area contributed by atoms with Crippen molar-refractivity contribution in [2.75, 3.05) is 0 Å². The molecule has 2 aromatic rings. The fourth-order valence-corrected chi connectivity index (χ4v) is 2.71. The molecule has 0 saturated heterocycles. The predicted octanol–water partition coefficient (Wildman–Crippen LogP) is 4.45. The molecule has 0 aliphatic rings. The fourth-order valence-electron chi connectivity index (χ4n) is 1.37. The topological polar surface area (TPSA) is 20.2 Å². The van der Waals surface area contributed by atoms with Crippen LogP contribution in [0.3, 0.4) is 0 Å². The van der Waals surface area contributed by atoms with Gasteiger partial charge in [-0.25, -0.2) is 0 Å². The maximum atomic E-state index is 9.61. The second-order valence-corrected chi connectivity index (χ2v) is 5.32. The van der Waals surface area contributed by atoms with Crippen molar-refractivity contribution in [1.29, 1.82) is 0 Å². The molecule has 0 heterocycles. The van der Waals surface area contributed by atoms with E-state index in [0.29, 0.717) is 5.75 Å². The Kier molecular flexibility index (Phi) is 3.91. The molecule has 16 heavy (non-hydrogen) atoms. The van der Waals surface area contributed by atoms with Crippen LogP contribution in [0.4, 0.5) is 0 Å². The van der Waals surface area contributed by atoms with Crippen LogP contribution in [-0.2, 0) is 5.75 Å². The molecule has 1 N–H and O–H groups in total. The maximum Gasteiger partial charge on any atom is 0.129 e. The molecule has 1 nitrogen and oxygen atoms in total. The summed E-state index contributed by atoms with van der Waals surface area (Å²) in [6, 6.07) is 15.6. The zero-order valence-electron chi connectivity index (χ0n) is 8.56. The van der Waals surface area contributed by atoms with E-state index in [1.165, 1.54) is 5.56 Å². The number of rotatable bonds is 3. The fraction of sp³-hybridized carbons (Fsp3) is 0.0769. The highest BCUT2D eigenvalue weighted by Crippen LogP contribution is 2.30. The summed E-state index contributed by atoms with van der Waals surface area (Å²) < 4.78 is 1.09. The summed E-state index contributed by atoms with van der Waals surface area (Å²) in [4.78, 5) is 0.919. The molecule has 0 amide bonds. The van der Waals surface area contributed by atoms with Gasteiger partial charge in [0.05, 0.1) is 0 Å². The Balaban J connectivity index is 2.05. The van der Waals surface area contributed by atoms with Crippen molar-refractivity contribution in [3.05, 3.63) is 58.6 Å². The zero-order chi connectivity index (χ0) is 11.4. The van der Waals surface area contributed by atoms with Gasteiger partial charge in [0.1, 0.15) is 5.75 Å². The Morgan fingerprint density at radius 1 is 1.06 bits per heavy atom. The van der Waals surface area contributed by atoms with E-state index >= 15 is 0 Å². The van der Waals surface area contributed by atoms with Gasteiger partial charge in [0, 0.05) is 15.1 Å². The average Bonchev–Trinajstić information content (AvgIpc) is 2.28. The molecule has 0 bridgehead atoms. The van der Waals surface area contributed by atoms with E-state index in [4.69, 9.17) is 0 Å². The number of hydrogen-bond acceptors (Lipinski definition) is 2. The van der Waals surface area contributed by atoms with Crippen molar-refractivity contribution in [2.24, 2.45) is 0 Å². The Morgan fingerprint density at radius 2 is 1.88 bits per heavy atom. The van der Waals surface area contributed by atoms with Gasteiger partial charge in [-0.15, -0.1) is 11.8 Å². The third-order valence-corrected chi connectivity index (χ3v) is 3.78. The highest BCUT2D eigenvalue weighted by molar-refractivity contribution is 9.10. The minimum Gasteiger partial charge on any atom is -0.507 e. The third kappa shape index (κ3) is 3.03. The summed E-state index contributed by atoms with van der Waals surface area (Å²) in [6.07, 6.45) is 0. The van der Waals surface area contributed by atoms with Crippen molar-refractivity contribution in [1.82, 2.24) is 0 Å². The largest absolute Gasteiger partial charge is 0.507 e. The zero-order valence-corrected chi connectivity index (χ0v) is 11.0. The number of aromatic hydroxyl groups is 1. The molecule has 0 radical (unpaired) electrons. The number of benzene rings is 2. The first-order valence-electron chi connectivity index (χ1n) is 4.91. The van der Waals surface area contributed by atoms with Crippen LogP contribution in [0.5, 0.6) is 5.75 Å². The molecule has 0 aromatic heterocycles. The minimum absolute atomic E-state index is 0.350. The van der Waals surface area contributed by atoms with E-state index in [2.05, 4.69) is 28.1 Å². The number of thioether (sulfide) groups is 1. The molecule has 0 aliphatic carbocycles. The van der Waals surface area contributed by atoms with Crippen LogP contribution in [-0.4, -0.2) is 5.11 Å². The Hall–Kier alpha value is -0.930. The van der Waals surface area contributed by atoms with Gasteiger partial charge in [0.2, 0.25) is 0 Å². The SMILES string of the molecule is Oc1ccccc1SCc1cccc(Br)c1. The lowest BCUT2D eigenvalue weighted by Gasteiger charge is -2.04. The molecule has 0 spiro atoms. The standard InChI is InChI=1S/C13H11BrOS/c14-11-5-3-4-10(8-11)9-16-13-7-2-1-6-12(13)15/h1-8,15H,9H2. The second-order valence-electron chi connectivity index (χ2n) is 3.39. The molecule has 2 aromatic carbocycles. The van der Waals surface area contributed by atoms with Crippen LogP contribution >= 0.6 is 27.7 Å². The summed E-state index contributed by atoms with van der Waals surface area (Å²) in [6.45, 7) is 0. The first-order chi connectivity index (χ1) is 7.75. The summed E-state index contributed by atoms with van der Waals surface area (Å²) in [5, 5.41) is 9.61. The lowest BCUT2D eigenvalue weighted by molar-refractivity contribution is 0.462. The molecular formula is C13H11BrOS. The van der Waals surface area contributed by atoms with Gasteiger partial charge < -0.3 is 5.11 Å². The van der Waals surface area contributed by atoms with Gasteiger partial charge in [-0.05, 0) is 29.8 Å². The normalized spacial score (nSPS) is 10.3. The first kappa shape index (κ1) is 11.6. The predicted molar refractivity (Wildman–Crippen MR) is 71.8 cm³/mol. The van der Waals surface area contributed by atoms with Crippen LogP contribution in [0.15, 0.2) is 57.9 Å². The summed E-state index contributed by atoms with van der Waals surface area (Å²) in [5.41, 5.74) is 1.24. The minimum atomic E-state index is 0.350. The molecule has 0 saturated carbocycles. The van der Waals surface area contributed by atoms with Crippen LogP contribution in [0, 0.1) is 0 Å². The molecule has 2 rings (SSSR count). The number of para-hydroxylation sites is 1. The summed E-state index contributed by atoms with van der Waals surface area (Å²) in [7, 11) is 0. The van der Waals surface area contributed by atoms with E-state index in [1.54, 1.807) is 17.8 Å². The number of phenols is 1. The third-order valence-electron chi connectivity index (χ3n) is 2.15. The van der Waals surface area contributed by atoms with Crippen molar-refractivity contribution >= 4 is 27.7 Å². The van der Waals surface area contributed by atoms with Crippen molar-refractivity contribution in [2.45, 2.75) is 10.6 Å². The second kappa shape index (κ2) is 5.41. The lowest BCUT2D eigenvalue weighted by atomic mass is 10.2. The van der Waals surface area contributed by atoms with Gasteiger partial charge in [0.25, 0.3) is 0 Å². The van der Waals surface area contributed by atoms with Crippen LogP contribution in [0.2, 0.25) is 0 Å². The monoisotopic (exact) mass is 294 g/mol. The molecular weight excluding hydrogens is 284 g/mol. The molecule has 3 heteroatoms. The Labute approximate surface area is 108 Å². The molecule has 0 atom stereocenters. The van der Waals surface area contributed by atoms with Crippen LogP contribution < -0.4 is 0 Å². The van der Waals surface area contributed by atoms with E-state index in [9.17, 15) is 5.11 Å². The smallest absolute Gasteiger partial charge is 0.129 e. The molecule has 0 fully saturated rings. The highest BCUT2D eigenvalue weighted by Gasteiger charge is 2.01. The highest BCUT2D eigenvalue weighted by atomic mass is 79.9. The maximum absolute atomic E-state index is 9.61. The van der Waals surface area contributed by atoms with Crippen molar-refractivity contribution in [3.8, 4) is 5.75 Å². The van der Waals surface area contributed by atoms with Gasteiger partial charge >= 0.3 is 0 Å². The number of phenolic OH excluding ortho intramolecular Hbond substituents is 1. The number of halogens is 1. The number of hydrogen-bond donors (Lipinski definition) is 1. The average molecular weight is 295 g/mol. The molecule has 0 unspecified atom stereocenters. The Bertz CT molecular complexity index is 485. The van der Waals surface area contributed by atoms with Gasteiger partial charge in [-0.2, -0.15) is 0 Å². The van der Waals surface area contributed by atoms with Crippen LogP contribution in [0.1, 0.15) is 5.56 Å². The molecule has 0 aliphatic heterocycles. The van der Waals surface area contributed by atoms with Crippen LogP contribution in [0.25, 0.3) is 0 Å². The molecule has 82 valence electrons. The van der Waals surface area contributed by atoms with Crippen molar-refractivity contribution in [3.63, 3.8) is 0 Å². The summed E-state index contributed by atoms with van der Waals surface area (Å²) in [5.74, 6) is 1.21. The van der Waals surface area contributed by atoms with E-state index in [1.807, 2.05) is 30.3 Å². The van der Waals surface area contributed by atoms with E-state index < -0.39 is 0 Å². The lowest BCUT2D eigenvalue weighted by Crippen LogP contribution is -1.80. The van der Waals surface area contributed by atoms with E-state index in [0.717, 1.165) is 15.1 Å². The summed E-state index contributed by atoms with van der Waals surface area (Å²) >= 11 is 5.08. The first-order valence-corrected chi connectivity index (χ1v) is 6.69.